The molecule has 0 aromatic carbocycles. The zero-order valence-electron chi connectivity index (χ0n) is 14.8. The van der Waals surface area contributed by atoms with E-state index in [0.717, 1.165) is 4.88 Å². The number of nitrogens with zero attached hydrogens (tertiary/aromatic N) is 1. The molecule has 0 aliphatic carbocycles. The summed E-state index contributed by atoms with van der Waals surface area (Å²) in [5.41, 5.74) is 0. The van der Waals surface area contributed by atoms with Crippen LogP contribution in [0.2, 0.25) is 0 Å². The van der Waals surface area contributed by atoms with E-state index in [4.69, 9.17) is 0 Å². The van der Waals surface area contributed by atoms with E-state index in [2.05, 4.69) is 10.0 Å². The van der Waals surface area contributed by atoms with Gasteiger partial charge in [0.05, 0.1) is 11.4 Å². The summed E-state index contributed by atoms with van der Waals surface area (Å²) in [6, 6.07) is 6.74. The monoisotopic (exact) mass is 427 g/mol. The van der Waals surface area contributed by atoms with Crippen molar-refractivity contribution in [1.29, 1.82) is 0 Å². The van der Waals surface area contributed by atoms with Crippen LogP contribution in [0.3, 0.4) is 0 Å². The van der Waals surface area contributed by atoms with Crippen LogP contribution in [0.4, 0.5) is 0 Å². The molecule has 0 atom stereocenters. The lowest BCUT2D eigenvalue weighted by molar-refractivity contribution is -0.119. The van der Waals surface area contributed by atoms with Gasteiger partial charge in [-0.1, -0.05) is 6.07 Å². The van der Waals surface area contributed by atoms with E-state index in [1.165, 1.54) is 29.6 Å². The minimum atomic E-state index is -3.48. The Bertz CT molecular complexity index is 898. The molecule has 0 spiro atoms. The van der Waals surface area contributed by atoms with Gasteiger partial charge < -0.3 is 10.2 Å². The minimum Gasteiger partial charge on any atom is -0.351 e. The number of likely N-dealkylation sites (tertiary alicyclic amines) is 1. The van der Waals surface area contributed by atoms with Gasteiger partial charge in [0.25, 0.3) is 5.91 Å². The van der Waals surface area contributed by atoms with Crippen molar-refractivity contribution in [3.63, 3.8) is 0 Å². The highest BCUT2D eigenvalue weighted by atomic mass is 32.2. The Morgan fingerprint density at radius 3 is 2.59 bits per heavy atom. The average molecular weight is 428 g/mol. The highest BCUT2D eigenvalue weighted by Crippen LogP contribution is 2.22. The number of carbonyl (C=O) groups is 2. The molecular weight excluding hydrogens is 406 g/mol. The molecule has 27 heavy (non-hydrogen) atoms. The fourth-order valence-corrected chi connectivity index (χ4v) is 6.08. The van der Waals surface area contributed by atoms with Gasteiger partial charge >= 0.3 is 0 Å². The normalized spacial score (nSPS) is 15.7. The number of thiophene rings is 2. The Morgan fingerprint density at radius 1 is 1.22 bits per heavy atom. The number of rotatable bonds is 6. The van der Waals surface area contributed by atoms with Crippen LogP contribution in [0.15, 0.2) is 33.9 Å². The lowest BCUT2D eigenvalue weighted by atomic mass is 10.1. The zero-order chi connectivity index (χ0) is 19.4. The van der Waals surface area contributed by atoms with Crippen molar-refractivity contribution in [3.8, 4) is 0 Å². The maximum Gasteiger partial charge on any atom is 0.263 e. The van der Waals surface area contributed by atoms with Crippen LogP contribution in [0, 0.1) is 0 Å². The van der Waals surface area contributed by atoms with Crippen molar-refractivity contribution in [2.45, 2.75) is 36.6 Å². The maximum atomic E-state index is 12.6. The Morgan fingerprint density at radius 2 is 1.96 bits per heavy atom. The van der Waals surface area contributed by atoms with Crippen molar-refractivity contribution in [1.82, 2.24) is 14.9 Å². The second-order valence-electron chi connectivity index (χ2n) is 6.30. The van der Waals surface area contributed by atoms with Gasteiger partial charge in [0.15, 0.2) is 0 Å². The molecule has 2 amide bonds. The Balaban J connectivity index is 1.53. The van der Waals surface area contributed by atoms with Crippen LogP contribution >= 0.6 is 22.7 Å². The van der Waals surface area contributed by atoms with Crippen molar-refractivity contribution in [2.75, 3.05) is 13.1 Å². The van der Waals surface area contributed by atoms with Crippen molar-refractivity contribution in [2.24, 2.45) is 0 Å². The predicted molar refractivity (Wildman–Crippen MR) is 105 cm³/mol. The van der Waals surface area contributed by atoms with E-state index >= 15 is 0 Å². The van der Waals surface area contributed by atoms with Crippen molar-refractivity contribution in [3.05, 3.63) is 39.4 Å². The van der Waals surface area contributed by atoms with E-state index in [1.54, 1.807) is 28.5 Å². The van der Waals surface area contributed by atoms with Gasteiger partial charge in [0.1, 0.15) is 4.21 Å². The summed E-state index contributed by atoms with van der Waals surface area (Å²) < 4.78 is 27.6. The number of sulfonamides is 1. The Labute approximate surface area is 166 Å². The predicted octanol–water partition coefficient (Wildman–Crippen LogP) is 2.03. The highest BCUT2D eigenvalue weighted by Gasteiger charge is 2.28. The fourth-order valence-electron chi connectivity index (χ4n) is 2.85. The van der Waals surface area contributed by atoms with Crippen LogP contribution < -0.4 is 10.0 Å². The lowest BCUT2D eigenvalue weighted by Crippen LogP contribution is -2.46. The lowest BCUT2D eigenvalue weighted by Gasteiger charge is -2.31. The molecule has 1 saturated heterocycles. The molecule has 1 aliphatic rings. The summed E-state index contributed by atoms with van der Waals surface area (Å²) in [7, 11) is -3.48. The van der Waals surface area contributed by atoms with Crippen LogP contribution in [0.5, 0.6) is 0 Å². The molecule has 7 nitrogen and oxygen atoms in total. The second kappa shape index (κ2) is 8.51. The van der Waals surface area contributed by atoms with Crippen LogP contribution in [0.1, 0.15) is 34.3 Å². The Hall–Kier alpha value is -1.75. The van der Waals surface area contributed by atoms with Gasteiger partial charge in [0, 0.05) is 30.9 Å². The quantitative estimate of drug-likeness (QED) is 0.737. The number of hydrogen-bond donors (Lipinski definition) is 2. The summed E-state index contributed by atoms with van der Waals surface area (Å²) >= 11 is 2.56. The first-order valence-corrected chi connectivity index (χ1v) is 11.7. The van der Waals surface area contributed by atoms with Gasteiger partial charge in [-0.2, -0.15) is 0 Å². The van der Waals surface area contributed by atoms with Crippen LogP contribution in [0.25, 0.3) is 0 Å². The van der Waals surface area contributed by atoms with Crippen LogP contribution in [-0.2, 0) is 21.4 Å². The van der Waals surface area contributed by atoms with Gasteiger partial charge in [-0.3, -0.25) is 9.59 Å². The molecule has 0 bridgehead atoms. The standard InChI is InChI=1S/C17H21N3O4S3/c1-12(21)18-11-14-4-5-15(26-14)17(22)20-8-6-13(7-9-20)19-27(23,24)16-3-2-10-25-16/h2-5,10,13,19H,6-9,11H2,1H3,(H,18,21). The molecular formula is C17H21N3O4S3. The van der Waals surface area contributed by atoms with Gasteiger partial charge in [-0.25, -0.2) is 13.1 Å². The fraction of sp³-hybridized carbons (Fsp3) is 0.412. The van der Waals surface area contributed by atoms with Crippen LogP contribution in [-0.4, -0.2) is 44.3 Å². The second-order valence-corrected chi connectivity index (χ2v) is 10.4. The maximum absolute atomic E-state index is 12.6. The Kier molecular flexibility index (Phi) is 6.30. The summed E-state index contributed by atoms with van der Waals surface area (Å²) in [6.45, 7) is 2.89. The third kappa shape index (κ3) is 5.16. The van der Waals surface area contributed by atoms with Crippen molar-refractivity contribution >= 4 is 44.5 Å². The minimum absolute atomic E-state index is 0.0476. The first kappa shape index (κ1) is 20.0. The average Bonchev–Trinajstić information content (AvgIpc) is 3.32. The topological polar surface area (TPSA) is 95.6 Å². The molecule has 146 valence electrons. The smallest absolute Gasteiger partial charge is 0.263 e. The molecule has 2 aromatic heterocycles. The van der Waals surface area contributed by atoms with Crippen molar-refractivity contribution < 1.29 is 18.0 Å². The third-order valence-corrected chi connectivity index (χ3v) is 8.24. The zero-order valence-corrected chi connectivity index (χ0v) is 17.3. The summed E-state index contributed by atoms with van der Waals surface area (Å²) in [6.07, 6.45) is 1.17. The molecule has 2 N–H and O–H groups in total. The highest BCUT2D eigenvalue weighted by molar-refractivity contribution is 7.91. The SMILES string of the molecule is CC(=O)NCc1ccc(C(=O)N2CCC(NS(=O)(=O)c3cccs3)CC2)s1. The van der Waals surface area contributed by atoms with E-state index in [0.29, 0.717) is 41.6 Å². The van der Waals surface area contributed by atoms with E-state index in [9.17, 15) is 18.0 Å². The molecule has 2 aromatic rings. The van der Waals surface area contributed by atoms with E-state index in [-0.39, 0.29) is 17.9 Å². The molecule has 0 unspecified atom stereocenters. The molecule has 3 heterocycles. The number of nitrogens with one attached hydrogen (secondary N) is 2. The molecule has 10 heteroatoms. The van der Waals surface area contributed by atoms with Gasteiger partial charge in [-0.15, -0.1) is 22.7 Å². The summed E-state index contributed by atoms with van der Waals surface area (Å²) in [4.78, 5) is 26.9. The molecule has 1 fully saturated rings. The van der Waals surface area contributed by atoms with Gasteiger partial charge in [0.2, 0.25) is 15.9 Å². The van der Waals surface area contributed by atoms with E-state index < -0.39 is 10.0 Å². The third-order valence-electron chi connectivity index (χ3n) is 4.25. The first-order valence-electron chi connectivity index (χ1n) is 8.53. The molecule has 3 rings (SSSR count). The number of piperidine rings is 1. The summed E-state index contributed by atoms with van der Waals surface area (Å²) in [5, 5.41) is 4.45. The first-order chi connectivity index (χ1) is 12.8. The largest absolute Gasteiger partial charge is 0.351 e. The van der Waals surface area contributed by atoms with Gasteiger partial charge in [-0.05, 0) is 36.4 Å². The van der Waals surface area contributed by atoms with E-state index in [1.807, 2.05) is 6.07 Å². The molecule has 1 aliphatic heterocycles. The molecule has 0 saturated carbocycles. The molecule has 0 radical (unpaired) electrons. The number of carbonyl (C=O) groups excluding carboxylic acids is 2. The number of amides is 2. The number of hydrogen-bond acceptors (Lipinski definition) is 6. The summed E-state index contributed by atoms with van der Waals surface area (Å²) in [5.74, 6) is -0.156.